The Hall–Kier alpha value is -2.37. The molecule has 0 radical (unpaired) electrons. The summed E-state index contributed by atoms with van der Waals surface area (Å²) in [5, 5.41) is 8.65. The molecule has 0 aromatic heterocycles. The Morgan fingerprint density at radius 2 is 1.47 bits per heavy atom. The second kappa shape index (κ2) is 4.72. The van der Waals surface area contributed by atoms with E-state index >= 15 is 0 Å². The van der Waals surface area contributed by atoms with Gasteiger partial charge in [-0.15, -0.1) is 0 Å². The molecule has 0 spiro atoms. The second-order valence-electron chi connectivity index (χ2n) is 3.74. The van der Waals surface area contributed by atoms with Crippen molar-refractivity contribution in [1.82, 2.24) is 0 Å². The molecule has 2 aromatic carbocycles. The van der Waals surface area contributed by atoms with Crippen LogP contribution in [0.15, 0.2) is 30.3 Å². The van der Waals surface area contributed by atoms with Crippen molar-refractivity contribution in [3.05, 3.63) is 59.2 Å². The number of rotatable bonds is 2. The molecule has 19 heavy (non-hydrogen) atoms. The normalized spacial score (nSPS) is 10.5. The highest BCUT2D eigenvalue weighted by Crippen LogP contribution is 2.29. The molecule has 0 amide bonds. The molecule has 0 aliphatic rings. The molecule has 0 unspecified atom stereocenters. The Bertz CT molecular complexity index is 645. The van der Waals surface area contributed by atoms with Gasteiger partial charge in [-0.05, 0) is 12.1 Å². The smallest absolute Gasteiger partial charge is 0.335 e. The van der Waals surface area contributed by atoms with Crippen LogP contribution in [0.3, 0.4) is 0 Å². The average Bonchev–Trinajstić information content (AvgIpc) is 2.29. The molecule has 98 valence electrons. The van der Waals surface area contributed by atoms with Crippen molar-refractivity contribution >= 4 is 5.97 Å². The van der Waals surface area contributed by atoms with Gasteiger partial charge in [0.25, 0.3) is 0 Å². The van der Waals surface area contributed by atoms with Crippen molar-refractivity contribution in [3.8, 4) is 11.1 Å². The maximum absolute atomic E-state index is 13.7. The Balaban J connectivity index is 2.63. The van der Waals surface area contributed by atoms with Crippen molar-refractivity contribution in [3.63, 3.8) is 0 Å². The number of carbonyl (C=O) groups is 1. The molecule has 0 aliphatic heterocycles. The van der Waals surface area contributed by atoms with E-state index in [1.807, 2.05) is 0 Å². The third kappa shape index (κ3) is 2.42. The molecule has 6 heteroatoms. The zero-order valence-corrected chi connectivity index (χ0v) is 9.25. The third-order valence-corrected chi connectivity index (χ3v) is 2.49. The van der Waals surface area contributed by atoms with E-state index in [9.17, 15) is 22.4 Å². The van der Waals surface area contributed by atoms with Gasteiger partial charge < -0.3 is 5.11 Å². The van der Waals surface area contributed by atoms with Crippen LogP contribution >= 0.6 is 0 Å². The SMILES string of the molecule is O=C(O)c1ccc(-c2c(F)cc(F)cc2F)c(F)c1. The molecule has 0 heterocycles. The van der Waals surface area contributed by atoms with Gasteiger partial charge >= 0.3 is 5.97 Å². The lowest BCUT2D eigenvalue weighted by atomic mass is 10.0. The second-order valence-corrected chi connectivity index (χ2v) is 3.74. The third-order valence-electron chi connectivity index (χ3n) is 2.49. The molecule has 0 bridgehead atoms. The highest BCUT2D eigenvalue weighted by Gasteiger charge is 2.18. The van der Waals surface area contributed by atoms with Crippen LogP contribution in [0.25, 0.3) is 11.1 Å². The van der Waals surface area contributed by atoms with Gasteiger partial charge in [-0.25, -0.2) is 22.4 Å². The summed E-state index contributed by atoms with van der Waals surface area (Å²) in [6.07, 6.45) is 0. The van der Waals surface area contributed by atoms with E-state index in [1.54, 1.807) is 0 Å². The Morgan fingerprint density at radius 1 is 0.895 bits per heavy atom. The van der Waals surface area contributed by atoms with Gasteiger partial charge in [0.2, 0.25) is 0 Å². The molecule has 0 aliphatic carbocycles. The summed E-state index contributed by atoms with van der Waals surface area (Å²) in [5.41, 5.74) is -1.57. The first-order valence-corrected chi connectivity index (χ1v) is 5.08. The standard InChI is InChI=1S/C13H6F4O2/c14-7-4-10(16)12(11(17)5-7)8-2-1-6(13(18)19)3-9(8)15/h1-5H,(H,18,19). The largest absolute Gasteiger partial charge is 0.478 e. The van der Waals surface area contributed by atoms with Crippen LogP contribution in [-0.4, -0.2) is 11.1 Å². The van der Waals surface area contributed by atoms with Gasteiger partial charge in [-0.2, -0.15) is 0 Å². The molecular formula is C13H6F4O2. The highest BCUT2D eigenvalue weighted by molar-refractivity contribution is 5.88. The van der Waals surface area contributed by atoms with E-state index in [0.29, 0.717) is 18.2 Å². The quantitative estimate of drug-likeness (QED) is 0.846. The number of carboxylic acid groups (broad SMARTS) is 1. The number of halogens is 4. The van der Waals surface area contributed by atoms with Crippen LogP contribution in [0.4, 0.5) is 17.6 Å². The lowest BCUT2D eigenvalue weighted by Gasteiger charge is -2.07. The van der Waals surface area contributed by atoms with Crippen LogP contribution in [0.2, 0.25) is 0 Å². The first-order valence-electron chi connectivity index (χ1n) is 5.08. The van der Waals surface area contributed by atoms with Gasteiger partial charge in [0.15, 0.2) is 0 Å². The predicted octanol–water partition coefficient (Wildman–Crippen LogP) is 3.61. The minimum Gasteiger partial charge on any atom is -0.478 e. The summed E-state index contributed by atoms with van der Waals surface area (Å²) >= 11 is 0. The lowest BCUT2D eigenvalue weighted by Crippen LogP contribution is -2.00. The molecule has 0 fully saturated rings. The number of benzene rings is 2. The van der Waals surface area contributed by atoms with Crippen LogP contribution in [0.5, 0.6) is 0 Å². The Morgan fingerprint density at radius 3 is 1.95 bits per heavy atom. The number of hydrogen-bond acceptors (Lipinski definition) is 1. The fourth-order valence-corrected chi connectivity index (χ4v) is 1.65. The van der Waals surface area contributed by atoms with E-state index in [2.05, 4.69) is 0 Å². The van der Waals surface area contributed by atoms with Gasteiger partial charge in [0.05, 0.1) is 11.1 Å². The fourth-order valence-electron chi connectivity index (χ4n) is 1.65. The zero-order valence-electron chi connectivity index (χ0n) is 9.25. The highest BCUT2D eigenvalue weighted by atomic mass is 19.1. The summed E-state index contributed by atoms with van der Waals surface area (Å²) in [4.78, 5) is 10.6. The summed E-state index contributed by atoms with van der Waals surface area (Å²) in [6, 6.07) is 3.41. The van der Waals surface area contributed by atoms with E-state index in [1.165, 1.54) is 0 Å². The van der Waals surface area contributed by atoms with Crippen LogP contribution in [0.1, 0.15) is 10.4 Å². The molecular weight excluding hydrogens is 264 g/mol. The van der Waals surface area contributed by atoms with Crippen LogP contribution in [0, 0.1) is 23.3 Å². The minimum absolute atomic E-state index is 0.357. The fraction of sp³-hybridized carbons (Fsp3) is 0. The minimum atomic E-state index is -1.37. The molecule has 0 atom stereocenters. The van der Waals surface area contributed by atoms with E-state index < -0.39 is 40.4 Å². The summed E-state index contributed by atoms with van der Waals surface area (Å²) in [6.45, 7) is 0. The van der Waals surface area contributed by atoms with E-state index in [4.69, 9.17) is 5.11 Å². The maximum Gasteiger partial charge on any atom is 0.335 e. The maximum atomic E-state index is 13.7. The van der Waals surface area contributed by atoms with Gasteiger partial charge in [0, 0.05) is 17.7 Å². The van der Waals surface area contributed by atoms with Crippen molar-refractivity contribution < 1.29 is 27.5 Å². The van der Waals surface area contributed by atoms with Gasteiger partial charge in [-0.3, -0.25) is 0 Å². The number of aromatic carboxylic acids is 1. The first kappa shape index (κ1) is 13.1. The molecule has 0 saturated heterocycles. The average molecular weight is 270 g/mol. The van der Waals surface area contributed by atoms with Gasteiger partial charge in [0.1, 0.15) is 23.3 Å². The molecule has 0 saturated carbocycles. The van der Waals surface area contributed by atoms with Crippen molar-refractivity contribution in [2.75, 3.05) is 0 Å². The monoisotopic (exact) mass is 270 g/mol. The lowest BCUT2D eigenvalue weighted by molar-refractivity contribution is 0.0696. The van der Waals surface area contributed by atoms with Crippen molar-refractivity contribution in [2.24, 2.45) is 0 Å². The van der Waals surface area contributed by atoms with Crippen molar-refractivity contribution in [2.45, 2.75) is 0 Å². The number of carboxylic acids is 1. The molecule has 1 N–H and O–H groups in total. The van der Waals surface area contributed by atoms with E-state index in [0.717, 1.165) is 12.1 Å². The molecule has 2 rings (SSSR count). The Kier molecular flexibility index (Phi) is 3.25. The number of hydrogen-bond donors (Lipinski definition) is 1. The van der Waals surface area contributed by atoms with Crippen molar-refractivity contribution in [1.29, 1.82) is 0 Å². The van der Waals surface area contributed by atoms with Crippen LogP contribution < -0.4 is 0 Å². The zero-order chi connectivity index (χ0) is 14.2. The van der Waals surface area contributed by atoms with Crippen LogP contribution in [-0.2, 0) is 0 Å². The molecule has 2 aromatic rings. The first-order chi connectivity index (χ1) is 8.90. The van der Waals surface area contributed by atoms with E-state index in [-0.39, 0.29) is 5.56 Å². The predicted molar refractivity (Wildman–Crippen MR) is 58.7 cm³/mol. The summed E-state index contributed by atoms with van der Waals surface area (Å²) in [7, 11) is 0. The Labute approximate surface area is 104 Å². The molecule has 2 nitrogen and oxygen atoms in total. The topological polar surface area (TPSA) is 37.3 Å². The van der Waals surface area contributed by atoms with Gasteiger partial charge in [-0.1, -0.05) is 6.07 Å². The summed E-state index contributed by atoms with van der Waals surface area (Å²) < 4.78 is 53.4. The summed E-state index contributed by atoms with van der Waals surface area (Å²) in [5.74, 6) is -6.13.